The second-order valence-electron chi connectivity index (χ2n) is 5.77. The summed E-state index contributed by atoms with van der Waals surface area (Å²) in [6, 6.07) is 0.462. The van der Waals surface area contributed by atoms with Crippen molar-refractivity contribution in [3.8, 4) is 0 Å². The van der Waals surface area contributed by atoms with Crippen LogP contribution in [0.4, 0.5) is 0 Å². The van der Waals surface area contributed by atoms with Crippen LogP contribution in [0.3, 0.4) is 0 Å². The number of rotatable bonds is 5. The van der Waals surface area contributed by atoms with Crippen LogP contribution in [0.25, 0.3) is 0 Å². The van der Waals surface area contributed by atoms with E-state index in [2.05, 4.69) is 17.1 Å². The van der Waals surface area contributed by atoms with E-state index >= 15 is 0 Å². The van der Waals surface area contributed by atoms with Crippen molar-refractivity contribution >= 4 is 5.91 Å². The minimum absolute atomic E-state index is 0.197. The normalized spacial score (nSPS) is 36.5. The van der Waals surface area contributed by atoms with E-state index in [1.807, 2.05) is 6.92 Å². The number of nitrogens with two attached hydrogens (primary N) is 1. The van der Waals surface area contributed by atoms with Gasteiger partial charge in [-0.15, -0.1) is 0 Å². The van der Waals surface area contributed by atoms with Gasteiger partial charge in [0, 0.05) is 19.1 Å². The van der Waals surface area contributed by atoms with E-state index in [0.717, 1.165) is 51.9 Å². The third-order valence-corrected chi connectivity index (χ3v) is 4.62. The van der Waals surface area contributed by atoms with E-state index in [9.17, 15) is 4.79 Å². The Morgan fingerprint density at radius 2 is 2.32 bits per heavy atom. The van der Waals surface area contributed by atoms with Gasteiger partial charge < -0.3 is 15.8 Å². The van der Waals surface area contributed by atoms with Gasteiger partial charge in [0.05, 0.1) is 18.2 Å². The maximum absolute atomic E-state index is 11.8. The first-order valence-corrected chi connectivity index (χ1v) is 7.52. The second-order valence-corrected chi connectivity index (χ2v) is 5.77. The van der Waals surface area contributed by atoms with E-state index < -0.39 is 5.54 Å². The first-order valence-electron chi connectivity index (χ1n) is 7.52. The summed E-state index contributed by atoms with van der Waals surface area (Å²) in [4.78, 5) is 14.3. The number of nitrogens with zero attached hydrogens (tertiary/aromatic N) is 1. The standard InChI is InChI=1S/C14H27N3O2/c1-3-12-10-17(7-8-19-12)11-5-6-14(9-11,13(15)18)16-4-2/h11-12,16H,3-10H2,1-2H3,(H2,15,18). The third kappa shape index (κ3) is 3.09. The fourth-order valence-corrected chi connectivity index (χ4v) is 3.46. The topological polar surface area (TPSA) is 67.6 Å². The van der Waals surface area contributed by atoms with Gasteiger partial charge in [-0.05, 0) is 32.2 Å². The van der Waals surface area contributed by atoms with Crippen molar-refractivity contribution in [3.63, 3.8) is 0 Å². The molecule has 19 heavy (non-hydrogen) atoms. The van der Waals surface area contributed by atoms with E-state index in [-0.39, 0.29) is 5.91 Å². The van der Waals surface area contributed by atoms with Crippen LogP contribution in [-0.4, -0.2) is 54.7 Å². The summed E-state index contributed by atoms with van der Waals surface area (Å²) in [5.41, 5.74) is 5.13. The molecule has 0 aromatic rings. The molecule has 3 N–H and O–H groups in total. The van der Waals surface area contributed by atoms with E-state index in [1.54, 1.807) is 0 Å². The van der Waals surface area contributed by atoms with Crippen LogP contribution in [0.1, 0.15) is 39.5 Å². The fourth-order valence-electron chi connectivity index (χ4n) is 3.46. The number of likely N-dealkylation sites (N-methyl/N-ethyl adjacent to an activating group) is 1. The number of ether oxygens (including phenoxy) is 1. The number of amides is 1. The minimum atomic E-state index is -0.487. The number of carbonyl (C=O) groups excluding carboxylic acids is 1. The highest BCUT2D eigenvalue weighted by Gasteiger charge is 2.45. The molecular weight excluding hydrogens is 242 g/mol. The molecule has 110 valence electrons. The Kier molecular flexibility index (Phi) is 4.81. The van der Waals surface area contributed by atoms with Gasteiger partial charge in [0.1, 0.15) is 0 Å². The Bertz CT molecular complexity index is 324. The molecule has 1 aliphatic heterocycles. The summed E-state index contributed by atoms with van der Waals surface area (Å²) < 4.78 is 5.71. The lowest BCUT2D eigenvalue weighted by Gasteiger charge is -2.37. The smallest absolute Gasteiger partial charge is 0.237 e. The highest BCUT2D eigenvalue weighted by molar-refractivity contribution is 5.85. The molecule has 0 bridgehead atoms. The van der Waals surface area contributed by atoms with Gasteiger partial charge in [-0.1, -0.05) is 13.8 Å². The van der Waals surface area contributed by atoms with Crippen LogP contribution in [-0.2, 0) is 9.53 Å². The number of hydrogen-bond donors (Lipinski definition) is 2. The van der Waals surface area contributed by atoms with Gasteiger partial charge in [0.25, 0.3) is 0 Å². The van der Waals surface area contributed by atoms with Crippen LogP contribution in [0.5, 0.6) is 0 Å². The average Bonchev–Trinajstić information content (AvgIpc) is 2.85. The quantitative estimate of drug-likeness (QED) is 0.762. The molecule has 5 heteroatoms. The summed E-state index contributed by atoms with van der Waals surface area (Å²) in [6.07, 6.45) is 4.14. The fraction of sp³-hybridized carbons (Fsp3) is 0.929. The molecule has 1 amide bonds. The van der Waals surface area contributed by atoms with Crippen LogP contribution in [0.15, 0.2) is 0 Å². The van der Waals surface area contributed by atoms with Crippen molar-refractivity contribution in [2.45, 2.75) is 57.2 Å². The molecule has 2 rings (SSSR count). The largest absolute Gasteiger partial charge is 0.376 e. The summed E-state index contributed by atoms with van der Waals surface area (Å²) in [5.74, 6) is -0.197. The van der Waals surface area contributed by atoms with Crippen LogP contribution >= 0.6 is 0 Å². The summed E-state index contributed by atoms with van der Waals surface area (Å²) in [7, 11) is 0. The van der Waals surface area contributed by atoms with Gasteiger partial charge in [-0.3, -0.25) is 9.69 Å². The summed E-state index contributed by atoms with van der Waals surface area (Å²) in [6.45, 7) is 7.75. The van der Waals surface area contributed by atoms with Crippen molar-refractivity contribution < 1.29 is 9.53 Å². The maximum Gasteiger partial charge on any atom is 0.237 e. The van der Waals surface area contributed by atoms with Gasteiger partial charge in [-0.25, -0.2) is 0 Å². The molecule has 2 fully saturated rings. The number of morpholine rings is 1. The van der Waals surface area contributed by atoms with Crippen LogP contribution < -0.4 is 11.1 Å². The molecule has 3 unspecified atom stereocenters. The molecular formula is C14H27N3O2. The molecule has 5 nitrogen and oxygen atoms in total. The van der Waals surface area contributed by atoms with Gasteiger partial charge >= 0.3 is 0 Å². The lowest BCUT2D eigenvalue weighted by molar-refractivity contribution is -0.124. The van der Waals surface area contributed by atoms with E-state index in [0.29, 0.717) is 12.1 Å². The molecule has 2 aliphatic rings. The highest BCUT2D eigenvalue weighted by Crippen LogP contribution is 2.34. The predicted molar refractivity (Wildman–Crippen MR) is 74.8 cm³/mol. The summed E-state index contributed by atoms with van der Waals surface area (Å²) in [5, 5.41) is 3.32. The molecule has 0 aromatic heterocycles. The van der Waals surface area contributed by atoms with Crippen LogP contribution in [0, 0.1) is 0 Å². The Hall–Kier alpha value is -0.650. The second kappa shape index (κ2) is 6.20. The maximum atomic E-state index is 11.8. The van der Waals surface area contributed by atoms with Crippen molar-refractivity contribution in [3.05, 3.63) is 0 Å². The van der Waals surface area contributed by atoms with Gasteiger partial charge in [0.2, 0.25) is 5.91 Å². The Labute approximate surface area is 115 Å². The lowest BCUT2D eigenvalue weighted by atomic mass is 9.96. The monoisotopic (exact) mass is 269 g/mol. The Morgan fingerprint density at radius 3 is 2.95 bits per heavy atom. The molecule has 1 aliphatic carbocycles. The zero-order valence-corrected chi connectivity index (χ0v) is 12.2. The molecule has 0 aromatic carbocycles. The van der Waals surface area contributed by atoms with E-state index in [1.165, 1.54) is 0 Å². The molecule has 1 saturated heterocycles. The molecule has 0 radical (unpaired) electrons. The number of primary amides is 1. The van der Waals surface area contributed by atoms with Crippen molar-refractivity contribution in [1.29, 1.82) is 0 Å². The zero-order chi connectivity index (χ0) is 13.9. The Balaban J connectivity index is 1.98. The number of carbonyl (C=O) groups is 1. The SMILES string of the molecule is CCNC1(C(N)=O)CCC(N2CCOC(CC)C2)C1. The first-order chi connectivity index (χ1) is 9.11. The average molecular weight is 269 g/mol. The summed E-state index contributed by atoms with van der Waals surface area (Å²) >= 11 is 0. The van der Waals surface area contributed by atoms with Crippen molar-refractivity contribution in [2.24, 2.45) is 5.73 Å². The van der Waals surface area contributed by atoms with Crippen molar-refractivity contribution in [1.82, 2.24) is 10.2 Å². The van der Waals surface area contributed by atoms with Gasteiger partial charge in [0.15, 0.2) is 0 Å². The third-order valence-electron chi connectivity index (χ3n) is 4.62. The predicted octanol–water partition coefficient (Wildman–Crippen LogP) is 0.483. The molecule has 1 heterocycles. The molecule has 0 spiro atoms. The number of hydrogen-bond acceptors (Lipinski definition) is 4. The lowest BCUT2D eigenvalue weighted by Crippen LogP contribution is -2.55. The van der Waals surface area contributed by atoms with Crippen molar-refractivity contribution in [2.75, 3.05) is 26.2 Å². The van der Waals surface area contributed by atoms with E-state index in [4.69, 9.17) is 10.5 Å². The van der Waals surface area contributed by atoms with Gasteiger partial charge in [-0.2, -0.15) is 0 Å². The van der Waals surface area contributed by atoms with Crippen LogP contribution in [0.2, 0.25) is 0 Å². The zero-order valence-electron chi connectivity index (χ0n) is 12.2. The highest BCUT2D eigenvalue weighted by atomic mass is 16.5. The first kappa shape index (κ1) is 14.8. The number of nitrogens with one attached hydrogen (secondary N) is 1. The minimum Gasteiger partial charge on any atom is -0.376 e. The Morgan fingerprint density at radius 1 is 1.53 bits per heavy atom. The molecule has 1 saturated carbocycles. The molecule has 3 atom stereocenters.